The summed E-state index contributed by atoms with van der Waals surface area (Å²) in [6.07, 6.45) is 3.20. The lowest BCUT2D eigenvalue weighted by Crippen LogP contribution is -2.40. The average molecular weight is 477 g/mol. The number of sulfonamides is 1. The van der Waals surface area contributed by atoms with Crippen LogP contribution in [0, 0.1) is 18.6 Å². The van der Waals surface area contributed by atoms with Gasteiger partial charge in [-0.25, -0.2) is 22.2 Å². The Labute approximate surface area is 189 Å². The molecule has 0 radical (unpaired) electrons. The molecule has 0 bridgehead atoms. The van der Waals surface area contributed by atoms with Crippen molar-refractivity contribution in [2.45, 2.75) is 18.4 Å². The number of hydrogen-bond acceptors (Lipinski definition) is 5. The number of morpholine rings is 1. The molecule has 0 atom stereocenters. The number of imidazole rings is 1. The zero-order chi connectivity index (χ0) is 23.6. The molecule has 1 fully saturated rings. The van der Waals surface area contributed by atoms with Crippen molar-refractivity contribution in [3.8, 4) is 5.69 Å². The lowest BCUT2D eigenvalue weighted by molar-refractivity contribution is 0.0730. The second-order valence-electron chi connectivity index (χ2n) is 7.47. The highest BCUT2D eigenvalue weighted by molar-refractivity contribution is 7.89. The van der Waals surface area contributed by atoms with Crippen LogP contribution in [0.15, 0.2) is 53.7 Å². The van der Waals surface area contributed by atoms with Crippen molar-refractivity contribution in [3.05, 3.63) is 77.4 Å². The summed E-state index contributed by atoms with van der Waals surface area (Å²) in [4.78, 5) is 16.5. The minimum absolute atomic E-state index is 0.0706. The lowest BCUT2D eigenvalue weighted by Gasteiger charge is -2.26. The number of nitrogens with one attached hydrogen (secondary N) is 1. The van der Waals surface area contributed by atoms with E-state index >= 15 is 0 Å². The van der Waals surface area contributed by atoms with Crippen molar-refractivity contribution < 1.29 is 26.7 Å². The third-order valence-corrected chi connectivity index (χ3v) is 7.24. The first-order valence-corrected chi connectivity index (χ1v) is 11.7. The molecule has 0 spiro atoms. The third-order valence-electron chi connectivity index (χ3n) is 5.34. The van der Waals surface area contributed by atoms with Gasteiger partial charge in [0.2, 0.25) is 10.0 Å². The lowest BCUT2D eigenvalue weighted by atomic mass is 10.1. The number of hydrogen-bond donors (Lipinski definition) is 1. The quantitative estimate of drug-likeness (QED) is 0.590. The fourth-order valence-electron chi connectivity index (χ4n) is 3.54. The Morgan fingerprint density at radius 2 is 1.88 bits per heavy atom. The number of aryl methyl sites for hydroxylation is 1. The van der Waals surface area contributed by atoms with Gasteiger partial charge in [-0.1, -0.05) is 6.07 Å². The monoisotopic (exact) mass is 476 g/mol. The molecular weight excluding hydrogens is 454 g/mol. The van der Waals surface area contributed by atoms with E-state index in [0.29, 0.717) is 17.1 Å². The predicted octanol–water partition coefficient (Wildman–Crippen LogP) is 2.41. The van der Waals surface area contributed by atoms with E-state index in [2.05, 4.69) is 10.3 Å². The van der Waals surface area contributed by atoms with Crippen LogP contribution in [0.5, 0.6) is 0 Å². The molecule has 1 saturated heterocycles. The van der Waals surface area contributed by atoms with Crippen LogP contribution in [0.1, 0.15) is 21.7 Å². The molecule has 1 N–H and O–H groups in total. The van der Waals surface area contributed by atoms with Crippen LogP contribution < -0.4 is 5.32 Å². The molecule has 11 heteroatoms. The van der Waals surface area contributed by atoms with E-state index in [0.717, 1.165) is 18.2 Å². The van der Waals surface area contributed by atoms with Gasteiger partial charge in [0, 0.05) is 32.0 Å². The van der Waals surface area contributed by atoms with E-state index in [-0.39, 0.29) is 37.7 Å². The van der Waals surface area contributed by atoms with Crippen LogP contribution in [0.25, 0.3) is 5.69 Å². The summed E-state index contributed by atoms with van der Waals surface area (Å²) in [7, 11) is -3.89. The van der Waals surface area contributed by atoms with Crippen LogP contribution in [0.4, 0.5) is 8.78 Å². The Hall–Kier alpha value is -3.15. The number of amides is 1. The van der Waals surface area contributed by atoms with E-state index in [1.54, 1.807) is 36.0 Å². The molecule has 2 heterocycles. The van der Waals surface area contributed by atoms with Crippen molar-refractivity contribution in [2.75, 3.05) is 26.3 Å². The summed E-state index contributed by atoms with van der Waals surface area (Å²) in [5.41, 5.74) is 0.363. The third kappa shape index (κ3) is 4.80. The van der Waals surface area contributed by atoms with Crippen LogP contribution >= 0.6 is 0 Å². The van der Waals surface area contributed by atoms with Crippen molar-refractivity contribution in [1.82, 2.24) is 19.2 Å². The first-order chi connectivity index (χ1) is 15.8. The van der Waals surface area contributed by atoms with E-state index < -0.39 is 33.1 Å². The molecule has 2 aromatic carbocycles. The van der Waals surface area contributed by atoms with Crippen LogP contribution in [-0.4, -0.2) is 54.5 Å². The molecule has 174 valence electrons. The molecule has 0 aliphatic carbocycles. The van der Waals surface area contributed by atoms with Gasteiger partial charge in [-0.05, 0) is 42.8 Å². The molecular formula is C22H22F2N4O4S. The number of nitrogens with zero attached hydrogens (tertiary/aromatic N) is 3. The molecule has 1 amide bonds. The van der Waals surface area contributed by atoms with E-state index in [4.69, 9.17) is 4.74 Å². The zero-order valence-electron chi connectivity index (χ0n) is 17.8. The van der Waals surface area contributed by atoms with Crippen molar-refractivity contribution in [2.24, 2.45) is 0 Å². The van der Waals surface area contributed by atoms with Gasteiger partial charge in [0.25, 0.3) is 5.91 Å². The molecule has 0 unspecified atom stereocenters. The van der Waals surface area contributed by atoms with Crippen LogP contribution in [-0.2, 0) is 21.3 Å². The topological polar surface area (TPSA) is 93.5 Å². The van der Waals surface area contributed by atoms with Gasteiger partial charge in [-0.15, -0.1) is 0 Å². The largest absolute Gasteiger partial charge is 0.379 e. The van der Waals surface area contributed by atoms with Gasteiger partial charge in [-0.2, -0.15) is 4.31 Å². The smallest absolute Gasteiger partial charge is 0.254 e. The summed E-state index contributed by atoms with van der Waals surface area (Å²) < 4.78 is 62.5. The fourth-order valence-corrected chi connectivity index (χ4v) is 4.98. The first-order valence-electron chi connectivity index (χ1n) is 10.2. The Morgan fingerprint density at radius 3 is 2.55 bits per heavy atom. The molecule has 1 aliphatic heterocycles. The minimum Gasteiger partial charge on any atom is -0.379 e. The van der Waals surface area contributed by atoms with Gasteiger partial charge in [0.05, 0.1) is 29.4 Å². The molecule has 0 saturated carbocycles. The van der Waals surface area contributed by atoms with Crippen molar-refractivity contribution in [1.29, 1.82) is 0 Å². The van der Waals surface area contributed by atoms with Gasteiger partial charge < -0.3 is 14.6 Å². The normalized spacial score (nSPS) is 14.9. The maximum Gasteiger partial charge on any atom is 0.254 e. The summed E-state index contributed by atoms with van der Waals surface area (Å²) in [6, 6.07) is 7.55. The maximum absolute atomic E-state index is 14.6. The minimum atomic E-state index is -3.89. The SMILES string of the molecule is Cc1nccn1-c1ccc(CNC(=O)c2cc(S(=O)(=O)N3CCOCC3)ccc2F)cc1F. The second kappa shape index (κ2) is 9.38. The number of aromatic nitrogens is 2. The first kappa shape index (κ1) is 23.0. The van der Waals surface area contributed by atoms with E-state index in [1.807, 2.05) is 0 Å². The number of carbonyl (C=O) groups excluding carboxylic acids is 1. The molecule has 3 aromatic rings. The molecule has 8 nitrogen and oxygen atoms in total. The summed E-state index contributed by atoms with van der Waals surface area (Å²) in [6.45, 7) is 2.57. The molecule has 33 heavy (non-hydrogen) atoms. The standard InChI is InChI=1S/C22H22F2N4O4S/c1-15-25-6-7-28(15)21-5-2-16(12-20(21)24)14-26-22(29)18-13-17(3-4-19(18)23)33(30,31)27-8-10-32-11-9-27/h2-7,12-13H,8-11,14H2,1H3,(H,26,29). The number of halogens is 2. The highest BCUT2D eigenvalue weighted by atomic mass is 32.2. The van der Waals surface area contributed by atoms with E-state index in [9.17, 15) is 22.0 Å². The Morgan fingerprint density at radius 1 is 1.12 bits per heavy atom. The van der Waals surface area contributed by atoms with Gasteiger partial charge in [0.15, 0.2) is 0 Å². The summed E-state index contributed by atoms with van der Waals surface area (Å²) >= 11 is 0. The van der Waals surface area contributed by atoms with Gasteiger partial charge in [-0.3, -0.25) is 4.79 Å². The average Bonchev–Trinajstić information content (AvgIpc) is 3.23. The van der Waals surface area contributed by atoms with Crippen molar-refractivity contribution >= 4 is 15.9 Å². The Balaban J connectivity index is 1.49. The van der Waals surface area contributed by atoms with Gasteiger partial charge in [0.1, 0.15) is 17.5 Å². The van der Waals surface area contributed by atoms with Crippen LogP contribution in [0.3, 0.4) is 0 Å². The Bertz CT molecular complexity index is 1290. The summed E-state index contributed by atoms with van der Waals surface area (Å²) in [5.74, 6) is -1.54. The number of rotatable bonds is 6. The highest BCUT2D eigenvalue weighted by Gasteiger charge is 2.28. The molecule has 1 aromatic heterocycles. The van der Waals surface area contributed by atoms with Gasteiger partial charge >= 0.3 is 0 Å². The van der Waals surface area contributed by atoms with Crippen LogP contribution in [0.2, 0.25) is 0 Å². The summed E-state index contributed by atoms with van der Waals surface area (Å²) in [5, 5.41) is 2.51. The Kier molecular flexibility index (Phi) is 6.54. The zero-order valence-corrected chi connectivity index (χ0v) is 18.6. The predicted molar refractivity (Wildman–Crippen MR) is 115 cm³/mol. The molecule has 1 aliphatic rings. The van der Waals surface area contributed by atoms with E-state index in [1.165, 1.54) is 10.4 Å². The number of carbonyl (C=O) groups is 1. The number of ether oxygens (including phenoxy) is 1. The highest BCUT2D eigenvalue weighted by Crippen LogP contribution is 2.21. The molecule has 4 rings (SSSR count). The number of benzene rings is 2. The maximum atomic E-state index is 14.6. The second-order valence-corrected chi connectivity index (χ2v) is 9.41. The fraction of sp³-hybridized carbons (Fsp3) is 0.273. The van der Waals surface area contributed by atoms with Crippen molar-refractivity contribution in [3.63, 3.8) is 0 Å².